The zero-order chi connectivity index (χ0) is 14.9. The van der Waals surface area contributed by atoms with Crippen molar-refractivity contribution in [1.29, 1.82) is 0 Å². The van der Waals surface area contributed by atoms with Crippen LogP contribution in [0.25, 0.3) is 0 Å². The topological polar surface area (TPSA) is 35.5 Å². The Morgan fingerprint density at radius 3 is 2.11 bits per heavy atom. The van der Waals surface area contributed by atoms with Crippen molar-refractivity contribution in [2.24, 2.45) is 5.92 Å². The van der Waals surface area contributed by atoms with E-state index in [0.29, 0.717) is 6.04 Å². The molecule has 3 heteroatoms. The summed E-state index contributed by atoms with van der Waals surface area (Å²) in [5.41, 5.74) is -0.157. The van der Waals surface area contributed by atoms with Gasteiger partial charge in [0, 0.05) is 18.1 Å². The number of aliphatic hydroxyl groups excluding tert-OH is 1. The van der Waals surface area contributed by atoms with Gasteiger partial charge < -0.3 is 15.3 Å². The summed E-state index contributed by atoms with van der Waals surface area (Å²) in [6.07, 6.45) is 3.51. The molecular formula is C16H36N2O. The number of aliphatic hydroxyl groups is 1. The van der Waals surface area contributed by atoms with Crippen LogP contribution in [-0.4, -0.2) is 47.8 Å². The van der Waals surface area contributed by atoms with Crippen molar-refractivity contribution in [3.8, 4) is 0 Å². The maximum Gasteiger partial charge on any atom is 0.0611 e. The Hall–Kier alpha value is -0.120. The monoisotopic (exact) mass is 272 g/mol. The average Bonchev–Trinajstić information content (AvgIpc) is 2.38. The van der Waals surface area contributed by atoms with Crippen LogP contribution in [0.15, 0.2) is 0 Å². The van der Waals surface area contributed by atoms with Crippen LogP contribution >= 0.6 is 0 Å². The van der Waals surface area contributed by atoms with Crippen molar-refractivity contribution in [1.82, 2.24) is 10.2 Å². The van der Waals surface area contributed by atoms with E-state index >= 15 is 0 Å². The van der Waals surface area contributed by atoms with E-state index in [9.17, 15) is 5.11 Å². The smallest absolute Gasteiger partial charge is 0.0611 e. The van der Waals surface area contributed by atoms with Crippen molar-refractivity contribution in [2.75, 3.05) is 26.2 Å². The zero-order valence-corrected chi connectivity index (χ0v) is 14.0. The van der Waals surface area contributed by atoms with Crippen molar-refractivity contribution < 1.29 is 5.11 Å². The van der Waals surface area contributed by atoms with Gasteiger partial charge in [-0.25, -0.2) is 0 Å². The van der Waals surface area contributed by atoms with Gasteiger partial charge in [-0.05, 0) is 32.4 Å². The minimum atomic E-state index is -0.157. The molecule has 0 aliphatic rings. The van der Waals surface area contributed by atoms with Crippen LogP contribution in [0.1, 0.15) is 60.8 Å². The first kappa shape index (κ1) is 18.9. The second-order valence-electron chi connectivity index (χ2n) is 6.34. The first-order chi connectivity index (χ1) is 8.90. The van der Waals surface area contributed by atoms with Crippen LogP contribution < -0.4 is 5.32 Å². The number of hydrogen-bond acceptors (Lipinski definition) is 3. The first-order valence-corrected chi connectivity index (χ1v) is 8.01. The molecule has 116 valence electrons. The van der Waals surface area contributed by atoms with E-state index in [2.05, 4.69) is 51.8 Å². The Morgan fingerprint density at radius 2 is 1.74 bits per heavy atom. The summed E-state index contributed by atoms with van der Waals surface area (Å²) in [7, 11) is 0. The first-order valence-electron chi connectivity index (χ1n) is 8.01. The van der Waals surface area contributed by atoms with Crippen LogP contribution in [0, 0.1) is 5.92 Å². The van der Waals surface area contributed by atoms with Gasteiger partial charge in [-0.3, -0.25) is 0 Å². The van der Waals surface area contributed by atoms with E-state index in [1.165, 1.54) is 19.4 Å². The largest absolute Gasteiger partial charge is 0.394 e. The molecular weight excluding hydrogens is 236 g/mol. The van der Waals surface area contributed by atoms with Gasteiger partial charge in [0.2, 0.25) is 0 Å². The minimum absolute atomic E-state index is 0.157. The van der Waals surface area contributed by atoms with Crippen molar-refractivity contribution in [3.63, 3.8) is 0 Å². The van der Waals surface area contributed by atoms with Crippen LogP contribution in [0.3, 0.4) is 0 Å². The zero-order valence-electron chi connectivity index (χ0n) is 14.0. The Bertz CT molecular complexity index is 217. The molecule has 0 aliphatic heterocycles. The molecule has 0 spiro atoms. The van der Waals surface area contributed by atoms with Crippen LogP contribution in [0.2, 0.25) is 0 Å². The minimum Gasteiger partial charge on any atom is -0.394 e. The number of nitrogens with one attached hydrogen (secondary N) is 1. The highest BCUT2D eigenvalue weighted by Crippen LogP contribution is 2.14. The number of nitrogens with zero attached hydrogens (tertiary/aromatic N) is 1. The normalized spacial score (nSPS) is 15.5. The Balaban J connectivity index is 4.30. The van der Waals surface area contributed by atoms with E-state index in [0.717, 1.165) is 25.4 Å². The molecule has 0 aromatic carbocycles. The number of hydrogen-bond donors (Lipinski definition) is 2. The maximum atomic E-state index is 9.61. The van der Waals surface area contributed by atoms with Gasteiger partial charge in [0.05, 0.1) is 6.61 Å². The Morgan fingerprint density at radius 1 is 1.16 bits per heavy atom. The van der Waals surface area contributed by atoms with Crippen molar-refractivity contribution >= 4 is 0 Å². The molecule has 19 heavy (non-hydrogen) atoms. The van der Waals surface area contributed by atoms with E-state index < -0.39 is 0 Å². The lowest BCUT2D eigenvalue weighted by Crippen LogP contribution is -2.51. The maximum absolute atomic E-state index is 9.61. The quantitative estimate of drug-likeness (QED) is 0.607. The molecule has 0 saturated heterocycles. The molecule has 0 rings (SSSR count). The number of rotatable bonds is 11. The summed E-state index contributed by atoms with van der Waals surface area (Å²) in [5.74, 6) is 0.804. The second kappa shape index (κ2) is 9.73. The summed E-state index contributed by atoms with van der Waals surface area (Å²) in [5, 5.41) is 13.1. The molecule has 3 nitrogen and oxygen atoms in total. The molecule has 0 aliphatic carbocycles. The van der Waals surface area contributed by atoms with Crippen molar-refractivity contribution in [3.05, 3.63) is 0 Å². The molecule has 0 fully saturated rings. The highest BCUT2D eigenvalue weighted by molar-refractivity contribution is 4.85. The lowest BCUT2D eigenvalue weighted by Gasteiger charge is -2.34. The highest BCUT2D eigenvalue weighted by Gasteiger charge is 2.24. The third-order valence-electron chi connectivity index (χ3n) is 4.08. The van der Waals surface area contributed by atoms with Gasteiger partial charge in [-0.2, -0.15) is 0 Å². The SMILES string of the molecule is CCC(CC)CN(CC)CCC(C)(CO)NC(C)C. The molecule has 1 unspecified atom stereocenters. The summed E-state index contributed by atoms with van der Waals surface area (Å²) < 4.78 is 0. The molecule has 1 atom stereocenters. The molecule has 0 saturated carbocycles. The molecule has 0 aromatic rings. The summed E-state index contributed by atoms with van der Waals surface area (Å²) >= 11 is 0. The molecule has 2 N–H and O–H groups in total. The Kier molecular flexibility index (Phi) is 9.67. The highest BCUT2D eigenvalue weighted by atomic mass is 16.3. The third-order valence-corrected chi connectivity index (χ3v) is 4.08. The van der Waals surface area contributed by atoms with Crippen LogP contribution in [-0.2, 0) is 0 Å². The second-order valence-corrected chi connectivity index (χ2v) is 6.34. The van der Waals surface area contributed by atoms with E-state index in [-0.39, 0.29) is 12.1 Å². The Labute approximate surface area is 120 Å². The summed E-state index contributed by atoms with van der Waals surface area (Å²) in [4.78, 5) is 2.52. The fourth-order valence-electron chi connectivity index (χ4n) is 2.59. The lowest BCUT2D eigenvalue weighted by atomic mass is 9.96. The van der Waals surface area contributed by atoms with Crippen LogP contribution in [0.4, 0.5) is 0 Å². The standard InChI is InChI=1S/C16H36N2O/c1-7-15(8-2)12-18(9-3)11-10-16(6,13-19)17-14(4)5/h14-15,17,19H,7-13H2,1-6H3. The van der Waals surface area contributed by atoms with Gasteiger partial charge in [0.25, 0.3) is 0 Å². The molecule has 0 amide bonds. The van der Waals surface area contributed by atoms with Gasteiger partial charge in [0.15, 0.2) is 0 Å². The molecule has 0 aromatic heterocycles. The lowest BCUT2D eigenvalue weighted by molar-refractivity contribution is 0.133. The van der Waals surface area contributed by atoms with Crippen LogP contribution in [0.5, 0.6) is 0 Å². The summed E-state index contributed by atoms with van der Waals surface area (Å²) in [6, 6.07) is 0.409. The van der Waals surface area contributed by atoms with Gasteiger partial charge in [-0.1, -0.05) is 47.5 Å². The van der Waals surface area contributed by atoms with E-state index in [1.807, 2.05) is 0 Å². The fraction of sp³-hybridized carbons (Fsp3) is 1.00. The van der Waals surface area contributed by atoms with E-state index in [4.69, 9.17) is 0 Å². The van der Waals surface area contributed by atoms with Gasteiger partial charge in [-0.15, -0.1) is 0 Å². The van der Waals surface area contributed by atoms with E-state index in [1.54, 1.807) is 0 Å². The summed E-state index contributed by atoms with van der Waals surface area (Å²) in [6.45, 7) is 16.7. The molecule has 0 radical (unpaired) electrons. The van der Waals surface area contributed by atoms with Gasteiger partial charge >= 0.3 is 0 Å². The third kappa shape index (κ3) is 7.91. The molecule has 0 bridgehead atoms. The van der Waals surface area contributed by atoms with Gasteiger partial charge in [0.1, 0.15) is 0 Å². The average molecular weight is 272 g/mol. The predicted molar refractivity (Wildman–Crippen MR) is 84.6 cm³/mol. The fourth-order valence-corrected chi connectivity index (χ4v) is 2.59. The molecule has 0 heterocycles. The van der Waals surface area contributed by atoms with Crippen molar-refractivity contribution in [2.45, 2.75) is 72.4 Å². The predicted octanol–water partition coefficient (Wildman–Crippen LogP) is 2.88.